The first-order valence-electron chi connectivity index (χ1n) is 15.7. The highest BCUT2D eigenvalue weighted by Crippen LogP contribution is 2.33. The quantitative estimate of drug-likeness (QED) is 0.0811. The summed E-state index contributed by atoms with van der Waals surface area (Å²) < 4.78 is 46.2. The van der Waals surface area contributed by atoms with Crippen molar-refractivity contribution in [3.05, 3.63) is 70.8 Å². The number of guanidine groups is 1. The molecule has 0 spiro atoms. The van der Waals surface area contributed by atoms with Crippen LogP contribution in [0.5, 0.6) is 0 Å². The Morgan fingerprint density at radius 1 is 0.958 bits per heavy atom. The number of carbonyl (C=O) groups excluding carboxylic acids is 4. The summed E-state index contributed by atoms with van der Waals surface area (Å²) in [5.74, 6) is -4.07. The number of esters is 1. The van der Waals surface area contributed by atoms with Crippen molar-refractivity contribution in [2.24, 2.45) is 28.1 Å². The van der Waals surface area contributed by atoms with Gasteiger partial charge in [0.1, 0.15) is 12.1 Å². The number of nitrogens with zero attached hydrogens (tertiary/aromatic N) is 1. The molecule has 3 atom stereocenters. The Balaban J connectivity index is 0.00000800. The topological polar surface area (TPSA) is 192 Å². The first-order chi connectivity index (χ1) is 22.3. The summed E-state index contributed by atoms with van der Waals surface area (Å²) in [6.07, 6.45) is -0.264. The minimum Gasteiger partial charge on any atom is -0.464 e. The molecule has 0 bridgehead atoms. The predicted octanol–water partition coefficient (Wildman–Crippen LogP) is 3.72. The molecule has 0 aliphatic heterocycles. The van der Waals surface area contributed by atoms with Gasteiger partial charge in [0.2, 0.25) is 17.7 Å². The van der Waals surface area contributed by atoms with Crippen molar-refractivity contribution >= 4 is 42.1 Å². The minimum atomic E-state index is -4.64. The van der Waals surface area contributed by atoms with Crippen molar-refractivity contribution in [1.82, 2.24) is 10.6 Å². The van der Waals surface area contributed by atoms with E-state index in [1.54, 1.807) is 19.1 Å². The van der Waals surface area contributed by atoms with Crippen LogP contribution in [-0.2, 0) is 31.7 Å². The number of primary amides is 1. The molecule has 1 fully saturated rings. The largest absolute Gasteiger partial charge is 0.464 e. The van der Waals surface area contributed by atoms with Gasteiger partial charge in [0.15, 0.2) is 5.96 Å². The second kappa shape index (κ2) is 18.9. The maximum Gasteiger partial charge on any atom is 0.416 e. The molecule has 2 aromatic rings. The molecule has 2 aromatic carbocycles. The number of nitrogens with one attached hydrogen (secondary N) is 2. The van der Waals surface area contributed by atoms with E-state index in [0.29, 0.717) is 24.8 Å². The van der Waals surface area contributed by atoms with Crippen molar-refractivity contribution in [3.63, 3.8) is 0 Å². The lowest BCUT2D eigenvalue weighted by molar-refractivity contribution is -0.148. The number of aliphatic imine (C=N–C) groups is 1. The molecule has 264 valence electrons. The lowest BCUT2D eigenvalue weighted by atomic mass is 9.82. The number of ether oxygens (including phenoxy) is 1. The van der Waals surface area contributed by atoms with E-state index in [-0.39, 0.29) is 61.4 Å². The Labute approximate surface area is 284 Å². The number of halogens is 4. The van der Waals surface area contributed by atoms with Crippen molar-refractivity contribution < 1.29 is 37.1 Å². The van der Waals surface area contributed by atoms with Crippen LogP contribution in [0.4, 0.5) is 13.2 Å². The molecule has 3 rings (SSSR count). The van der Waals surface area contributed by atoms with Crippen LogP contribution in [0, 0.1) is 5.92 Å². The van der Waals surface area contributed by atoms with Gasteiger partial charge in [-0.3, -0.25) is 19.4 Å². The SMILES string of the molecule is CCOC(=O)C(CCCN=C(N)N)NC(=O)[C@@H](NC(=O)[C@@H](Cc1ccc(C(N)=O)cc1)c1cccc(C(F)(F)F)c1)C1CCCCC1.Cl. The van der Waals surface area contributed by atoms with Gasteiger partial charge in [-0.05, 0) is 74.3 Å². The van der Waals surface area contributed by atoms with Gasteiger partial charge in [-0.2, -0.15) is 13.2 Å². The normalized spacial score (nSPS) is 15.2. The molecule has 15 heteroatoms. The maximum atomic E-state index is 14.1. The molecule has 1 saturated carbocycles. The standard InChI is InChI=1S/C33H43F3N6O5.ClH/c1-2-47-31(46)26(12-7-17-40-32(38)39)41-30(45)27(21-8-4-3-5-9-21)42-29(44)25(18-20-13-15-22(16-14-20)28(37)43)23-10-6-11-24(19-23)33(34,35)36;/h6,10-11,13-16,19,21,25-27H,2-5,7-9,12,17-18H2,1H3,(H2,37,43)(H,41,45)(H,42,44)(H4,38,39,40);1H/t25-,26?,27-;/m0./s1. The summed E-state index contributed by atoms with van der Waals surface area (Å²) in [6, 6.07) is 8.49. The van der Waals surface area contributed by atoms with E-state index in [4.69, 9.17) is 21.9 Å². The lowest BCUT2D eigenvalue weighted by Gasteiger charge is -2.32. The lowest BCUT2D eigenvalue weighted by Crippen LogP contribution is -2.55. The van der Waals surface area contributed by atoms with Gasteiger partial charge in [-0.1, -0.05) is 49.6 Å². The van der Waals surface area contributed by atoms with E-state index in [0.717, 1.165) is 31.4 Å². The number of benzene rings is 2. The van der Waals surface area contributed by atoms with E-state index in [2.05, 4.69) is 15.6 Å². The molecule has 1 unspecified atom stereocenters. The number of amides is 3. The van der Waals surface area contributed by atoms with Crippen LogP contribution in [0.25, 0.3) is 0 Å². The molecule has 0 aromatic heterocycles. The zero-order valence-corrected chi connectivity index (χ0v) is 27.6. The van der Waals surface area contributed by atoms with Crippen LogP contribution in [0.2, 0.25) is 0 Å². The molecule has 0 heterocycles. The fraction of sp³-hybridized carbons (Fsp3) is 0.485. The van der Waals surface area contributed by atoms with E-state index in [9.17, 15) is 32.3 Å². The average Bonchev–Trinajstić information content (AvgIpc) is 3.04. The maximum absolute atomic E-state index is 14.1. The van der Waals surface area contributed by atoms with Gasteiger partial charge in [0, 0.05) is 12.1 Å². The summed E-state index contributed by atoms with van der Waals surface area (Å²) in [6.45, 7) is 1.94. The third-order valence-corrected chi connectivity index (χ3v) is 8.15. The summed E-state index contributed by atoms with van der Waals surface area (Å²) >= 11 is 0. The summed E-state index contributed by atoms with van der Waals surface area (Å²) in [4.78, 5) is 56.1. The first-order valence-corrected chi connectivity index (χ1v) is 15.7. The number of hydrogen-bond acceptors (Lipinski definition) is 6. The molecule has 0 radical (unpaired) electrons. The van der Waals surface area contributed by atoms with Gasteiger partial charge in [-0.25, -0.2) is 4.79 Å². The van der Waals surface area contributed by atoms with Crippen molar-refractivity contribution in [2.45, 2.75) is 82.5 Å². The number of rotatable bonds is 15. The highest BCUT2D eigenvalue weighted by atomic mass is 35.5. The van der Waals surface area contributed by atoms with E-state index >= 15 is 0 Å². The second-order valence-corrected chi connectivity index (χ2v) is 11.6. The van der Waals surface area contributed by atoms with Gasteiger partial charge in [-0.15, -0.1) is 12.4 Å². The fourth-order valence-electron chi connectivity index (χ4n) is 5.71. The second-order valence-electron chi connectivity index (χ2n) is 11.6. The fourth-order valence-corrected chi connectivity index (χ4v) is 5.71. The molecule has 48 heavy (non-hydrogen) atoms. The number of alkyl halides is 3. The monoisotopic (exact) mass is 696 g/mol. The van der Waals surface area contributed by atoms with Crippen molar-refractivity contribution in [1.29, 1.82) is 0 Å². The highest BCUT2D eigenvalue weighted by Gasteiger charge is 2.36. The molecule has 11 nitrogen and oxygen atoms in total. The first kappa shape index (κ1) is 39.8. The summed E-state index contributed by atoms with van der Waals surface area (Å²) in [5, 5.41) is 5.57. The van der Waals surface area contributed by atoms with Gasteiger partial charge in [0.25, 0.3) is 0 Å². The highest BCUT2D eigenvalue weighted by molar-refractivity contribution is 5.94. The zero-order chi connectivity index (χ0) is 34.6. The number of nitrogens with two attached hydrogens (primary N) is 3. The van der Waals surface area contributed by atoms with Gasteiger partial charge < -0.3 is 32.6 Å². The van der Waals surface area contributed by atoms with Crippen LogP contribution >= 0.6 is 12.4 Å². The van der Waals surface area contributed by atoms with Crippen LogP contribution in [0.15, 0.2) is 53.5 Å². The Hall–Kier alpha value is -4.33. The van der Waals surface area contributed by atoms with Crippen LogP contribution in [0.3, 0.4) is 0 Å². The Bertz CT molecular complexity index is 1410. The summed E-state index contributed by atoms with van der Waals surface area (Å²) in [7, 11) is 0. The zero-order valence-electron chi connectivity index (χ0n) is 26.8. The van der Waals surface area contributed by atoms with E-state index < -0.39 is 53.4 Å². The average molecular weight is 697 g/mol. The smallest absolute Gasteiger partial charge is 0.416 e. The van der Waals surface area contributed by atoms with Crippen LogP contribution in [0.1, 0.15) is 84.8 Å². The number of hydrogen-bond donors (Lipinski definition) is 5. The third kappa shape index (κ3) is 12.0. The Morgan fingerprint density at radius 2 is 1.62 bits per heavy atom. The van der Waals surface area contributed by atoms with Gasteiger partial charge >= 0.3 is 12.1 Å². The van der Waals surface area contributed by atoms with Crippen molar-refractivity contribution in [3.8, 4) is 0 Å². The van der Waals surface area contributed by atoms with Gasteiger partial charge in [0.05, 0.1) is 18.1 Å². The van der Waals surface area contributed by atoms with E-state index in [1.165, 1.54) is 24.3 Å². The molecule has 1 aliphatic rings. The predicted molar refractivity (Wildman–Crippen MR) is 177 cm³/mol. The van der Waals surface area contributed by atoms with Crippen LogP contribution in [-0.4, -0.2) is 54.9 Å². The molecule has 8 N–H and O–H groups in total. The Morgan fingerprint density at radius 3 is 2.21 bits per heavy atom. The minimum absolute atomic E-state index is 0. The van der Waals surface area contributed by atoms with E-state index in [1.807, 2.05) is 0 Å². The van der Waals surface area contributed by atoms with Crippen molar-refractivity contribution in [2.75, 3.05) is 13.2 Å². The molecular weight excluding hydrogens is 653 g/mol. The molecule has 1 aliphatic carbocycles. The molecule has 0 saturated heterocycles. The number of carbonyl (C=O) groups is 4. The summed E-state index contributed by atoms with van der Waals surface area (Å²) in [5.41, 5.74) is 16.1. The Kier molecular flexibility index (Phi) is 15.7. The molecular formula is C33H44ClF3N6O5. The van der Waals surface area contributed by atoms with Crippen LogP contribution < -0.4 is 27.8 Å². The third-order valence-electron chi connectivity index (χ3n) is 8.15. The molecule has 3 amide bonds.